The van der Waals surface area contributed by atoms with Crippen LogP contribution in [0.3, 0.4) is 0 Å². The summed E-state index contributed by atoms with van der Waals surface area (Å²) in [5.41, 5.74) is 2.49. The molecule has 2 aromatic rings. The maximum Gasteiger partial charge on any atom is 0.224 e. The molecule has 1 saturated heterocycles. The molecule has 142 valence electrons. The number of benzene rings is 1. The van der Waals surface area contributed by atoms with Crippen molar-refractivity contribution in [3.8, 4) is 0 Å². The second-order valence-electron chi connectivity index (χ2n) is 6.52. The third-order valence-corrected chi connectivity index (χ3v) is 6.58. The Kier molecular flexibility index (Phi) is 5.70. The Morgan fingerprint density at radius 1 is 1.37 bits per heavy atom. The van der Waals surface area contributed by atoms with Crippen molar-refractivity contribution < 1.29 is 14.3 Å². The molecule has 2 aliphatic heterocycles. The molecular weight excluding hydrogens is 384 g/mol. The highest BCUT2D eigenvalue weighted by Gasteiger charge is 2.18. The van der Waals surface area contributed by atoms with E-state index in [1.54, 1.807) is 6.07 Å². The SMILES string of the molecule is O=C1CCc2cc(C(=O)CSc3nnc(NCC4CCCO4)s3)ccc2N1. The zero-order chi connectivity index (χ0) is 18.6. The number of fused-ring (bicyclic) bond motifs is 1. The second kappa shape index (κ2) is 8.37. The Morgan fingerprint density at radius 2 is 2.30 bits per heavy atom. The number of anilines is 2. The quantitative estimate of drug-likeness (QED) is 0.541. The number of nitrogens with zero attached hydrogens (tertiary/aromatic N) is 2. The fourth-order valence-electron chi connectivity index (χ4n) is 3.11. The van der Waals surface area contributed by atoms with Gasteiger partial charge in [-0.15, -0.1) is 10.2 Å². The van der Waals surface area contributed by atoms with Crippen LogP contribution in [-0.2, 0) is 16.0 Å². The zero-order valence-electron chi connectivity index (χ0n) is 14.7. The average molecular weight is 405 g/mol. The first-order valence-corrected chi connectivity index (χ1v) is 10.8. The van der Waals surface area contributed by atoms with Crippen LogP contribution < -0.4 is 10.6 Å². The van der Waals surface area contributed by atoms with Gasteiger partial charge in [0, 0.05) is 30.8 Å². The molecule has 1 amide bonds. The van der Waals surface area contributed by atoms with E-state index in [1.807, 2.05) is 12.1 Å². The van der Waals surface area contributed by atoms with E-state index in [2.05, 4.69) is 20.8 Å². The van der Waals surface area contributed by atoms with Crippen LogP contribution in [0.5, 0.6) is 0 Å². The molecule has 1 atom stereocenters. The fourth-order valence-corrected chi connectivity index (χ4v) is 4.77. The van der Waals surface area contributed by atoms with Gasteiger partial charge >= 0.3 is 0 Å². The molecule has 3 heterocycles. The number of hydrogen-bond acceptors (Lipinski definition) is 8. The highest BCUT2D eigenvalue weighted by atomic mass is 32.2. The Bertz CT molecular complexity index is 849. The molecule has 1 fully saturated rings. The third-order valence-electron chi connectivity index (χ3n) is 4.56. The summed E-state index contributed by atoms with van der Waals surface area (Å²) in [6.45, 7) is 1.57. The number of ether oxygens (including phenoxy) is 1. The van der Waals surface area contributed by atoms with Crippen molar-refractivity contribution in [2.45, 2.75) is 36.1 Å². The van der Waals surface area contributed by atoms with E-state index in [0.717, 1.165) is 46.7 Å². The summed E-state index contributed by atoms with van der Waals surface area (Å²) in [6.07, 6.45) is 3.57. The number of aromatic nitrogens is 2. The van der Waals surface area contributed by atoms with Gasteiger partial charge in [0.1, 0.15) is 0 Å². The van der Waals surface area contributed by atoms with E-state index >= 15 is 0 Å². The lowest BCUT2D eigenvalue weighted by Gasteiger charge is -2.17. The normalized spacial score (nSPS) is 18.8. The fraction of sp³-hybridized carbons (Fsp3) is 0.444. The number of thioether (sulfide) groups is 1. The van der Waals surface area contributed by atoms with Gasteiger partial charge in [0.25, 0.3) is 0 Å². The van der Waals surface area contributed by atoms with Crippen LogP contribution in [0.2, 0.25) is 0 Å². The maximum atomic E-state index is 12.5. The van der Waals surface area contributed by atoms with Crippen LogP contribution in [0.4, 0.5) is 10.8 Å². The van der Waals surface area contributed by atoms with E-state index in [0.29, 0.717) is 24.2 Å². The van der Waals surface area contributed by atoms with E-state index in [4.69, 9.17) is 4.74 Å². The van der Waals surface area contributed by atoms with Crippen LogP contribution in [-0.4, -0.2) is 46.9 Å². The lowest BCUT2D eigenvalue weighted by atomic mass is 9.99. The molecule has 9 heteroatoms. The molecule has 0 aliphatic carbocycles. The molecule has 0 bridgehead atoms. The predicted octanol–water partition coefficient (Wildman–Crippen LogP) is 2.99. The molecular formula is C18H20N4O3S2. The summed E-state index contributed by atoms with van der Waals surface area (Å²) in [4.78, 5) is 23.9. The summed E-state index contributed by atoms with van der Waals surface area (Å²) in [5.74, 6) is 0.381. The Hall–Kier alpha value is -1.97. The number of aryl methyl sites for hydroxylation is 1. The number of hydrogen-bond donors (Lipinski definition) is 2. The van der Waals surface area contributed by atoms with Gasteiger partial charge < -0.3 is 15.4 Å². The first-order chi connectivity index (χ1) is 13.2. The highest BCUT2D eigenvalue weighted by molar-refractivity contribution is 8.01. The minimum atomic E-state index is 0.0253. The van der Waals surface area contributed by atoms with E-state index in [1.165, 1.54) is 23.1 Å². The molecule has 2 N–H and O–H groups in total. The van der Waals surface area contributed by atoms with Crippen molar-refractivity contribution >= 4 is 45.6 Å². The summed E-state index contributed by atoms with van der Waals surface area (Å²) in [5, 5.41) is 15.1. The summed E-state index contributed by atoms with van der Waals surface area (Å²) in [7, 11) is 0. The van der Waals surface area contributed by atoms with Gasteiger partial charge in [0.15, 0.2) is 10.1 Å². The van der Waals surface area contributed by atoms with Crippen molar-refractivity contribution in [2.75, 3.05) is 29.5 Å². The third kappa shape index (κ3) is 4.66. The van der Waals surface area contributed by atoms with Gasteiger partial charge in [-0.25, -0.2) is 0 Å². The van der Waals surface area contributed by atoms with Gasteiger partial charge in [0.2, 0.25) is 11.0 Å². The lowest BCUT2D eigenvalue weighted by molar-refractivity contribution is -0.116. The monoisotopic (exact) mass is 404 g/mol. The minimum Gasteiger partial charge on any atom is -0.376 e. The van der Waals surface area contributed by atoms with Crippen LogP contribution in [0, 0.1) is 0 Å². The minimum absolute atomic E-state index is 0.0253. The number of nitrogens with one attached hydrogen (secondary N) is 2. The van der Waals surface area contributed by atoms with Crippen molar-refractivity contribution in [2.24, 2.45) is 0 Å². The number of amides is 1. The van der Waals surface area contributed by atoms with Crippen molar-refractivity contribution in [3.05, 3.63) is 29.3 Å². The molecule has 1 unspecified atom stereocenters. The van der Waals surface area contributed by atoms with Gasteiger partial charge in [0.05, 0.1) is 11.9 Å². The topological polar surface area (TPSA) is 93.2 Å². The smallest absolute Gasteiger partial charge is 0.224 e. The Morgan fingerprint density at radius 3 is 3.15 bits per heavy atom. The van der Waals surface area contributed by atoms with Crippen LogP contribution in [0.1, 0.15) is 35.2 Å². The molecule has 1 aromatic heterocycles. The first-order valence-electron chi connectivity index (χ1n) is 8.95. The van der Waals surface area contributed by atoms with E-state index in [-0.39, 0.29) is 17.8 Å². The lowest BCUT2D eigenvalue weighted by Crippen LogP contribution is -2.19. The molecule has 2 aliphatic rings. The molecule has 1 aromatic carbocycles. The average Bonchev–Trinajstić information content (AvgIpc) is 3.35. The number of rotatable bonds is 7. The molecule has 4 rings (SSSR count). The highest BCUT2D eigenvalue weighted by Crippen LogP contribution is 2.28. The van der Waals surface area contributed by atoms with Crippen LogP contribution >= 0.6 is 23.1 Å². The maximum absolute atomic E-state index is 12.5. The molecule has 0 saturated carbocycles. The van der Waals surface area contributed by atoms with Crippen molar-refractivity contribution in [1.29, 1.82) is 0 Å². The number of carbonyl (C=O) groups is 2. The van der Waals surface area contributed by atoms with E-state index in [9.17, 15) is 9.59 Å². The van der Waals surface area contributed by atoms with Gasteiger partial charge in [-0.3, -0.25) is 9.59 Å². The molecule has 27 heavy (non-hydrogen) atoms. The van der Waals surface area contributed by atoms with Gasteiger partial charge in [-0.2, -0.15) is 0 Å². The van der Waals surface area contributed by atoms with Crippen molar-refractivity contribution in [3.63, 3.8) is 0 Å². The first kappa shape index (κ1) is 18.4. The molecule has 7 nitrogen and oxygen atoms in total. The number of Topliss-reactive ketones (excluding diaryl/α,β-unsaturated/α-hetero) is 1. The molecule has 0 spiro atoms. The van der Waals surface area contributed by atoms with Crippen LogP contribution in [0.15, 0.2) is 22.5 Å². The predicted molar refractivity (Wildman–Crippen MR) is 106 cm³/mol. The summed E-state index contributed by atoms with van der Waals surface area (Å²) in [6, 6.07) is 5.46. The van der Waals surface area contributed by atoms with Gasteiger partial charge in [-0.1, -0.05) is 23.1 Å². The second-order valence-corrected chi connectivity index (χ2v) is 8.72. The Balaban J connectivity index is 1.29. The number of carbonyl (C=O) groups excluding carboxylic acids is 2. The van der Waals surface area contributed by atoms with Crippen molar-refractivity contribution in [1.82, 2.24) is 10.2 Å². The summed E-state index contributed by atoms with van der Waals surface area (Å²) < 4.78 is 6.34. The summed E-state index contributed by atoms with van der Waals surface area (Å²) >= 11 is 2.85. The standard InChI is InChI=1S/C18H20N4O3S2/c23-15(12-3-5-14-11(8-12)4-6-16(24)20-14)10-26-18-22-21-17(27-18)19-9-13-2-1-7-25-13/h3,5,8,13H,1-2,4,6-7,9-10H2,(H,19,21)(H,20,24). The Labute approximate surface area is 165 Å². The number of ketones is 1. The largest absolute Gasteiger partial charge is 0.376 e. The van der Waals surface area contributed by atoms with E-state index < -0.39 is 0 Å². The molecule has 0 radical (unpaired) electrons. The van der Waals surface area contributed by atoms with Gasteiger partial charge in [-0.05, 0) is 43.0 Å². The zero-order valence-corrected chi connectivity index (χ0v) is 16.3. The van der Waals surface area contributed by atoms with Crippen LogP contribution in [0.25, 0.3) is 0 Å².